The van der Waals surface area contributed by atoms with Crippen molar-refractivity contribution in [2.24, 2.45) is 0 Å². The topological polar surface area (TPSA) is 43.4 Å². The summed E-state index contributed by atoms with van der Waals surface area (Å²) in [7, 11) is 3.07. The maximum atomic E-state index is 13.1. The van der Waals surface area contributed by atoms with Gasteiger partial charge in [-0.3, -0.25) is 0 Å². The molecule has 26 heavy (non-hydrogen) atoms. The van der Waals surface area contributed by atoms with E-state index < -0.39 is 11.9 Å². The van der Waals surface area contributed by atoms with E-state index in [4.69, 9.17) is 9.47 Å². The lowest BCUT2D eigenvalue weighted by molar-refractivity contribution is -0.140. The van der Waals surface area contributed by atoms with Gasteiger partial charge in [0.1, 0.15) is 5.69 Å². The van der Waals surface area contributed by atoms with Crippen molar-refractivity contribution in [1.82, 2.24) is 4.98 Å². The van der Waals surface area contributed by atoms with Crippen LogP contribution in [-0.4, -0.2) is 19.2 Å². The third-order valence-corrected chi connectivity index (χ3v) is 3.94. The number of para-hydroxylation sites is 1. The molecule has 0 radical (unpaired) electrons. The van der Waals surface area contributed by atoms with E-state index in [0.717, 1.165) is 11.6 Å². The normalized spacial score (nSPS) is 11.4. The second kappa shape index (κ2) is 7.11. The van der Waals surface area contributed by atoms with E-state index in [-0.39, 0.29) is 5.52 Å². The van der Waals surface area contributed by atoms with Crippen molar-refractivity contribution in [3.05, 3.63) is 59.8 Å². The van der Waals surface area contributed by atoms with Crippen LogP contribution in [0.15, 0.2) is 48.5 Å². The molecule has 1 aromatic heterocycles. The summed E-state index contributed by atoms with van der Waals surface area (Å²) in [5, 5.41) is 3.69. The van der Waals surface area contributed by atoms with Crippen LogP contribution in [0, 0.1) is 0 Å². The Hall–Kier alpha value is -2.96. The van der Waals surface area contributed by atoms with Crippen LogP contribution >= 0.6 is 0 Å². The molecule has 0 spiro atoms. The number of halogens is 3. The largest absolute Gasteiger partial charge is 0.493 e. The summed E-state index contributed by atoms with van der Waals surface area (Å²) in [4.78, 5) is 3.71. The van der Waals surface area contributed by atoms with Crippen molar-refractivity contribution < 1.29 is 22.6 Å². The van der Waals surface area contributed by atoms with E-state index in [1.807, 2.05) is 6.07 Å². The number of ether oxygens (including phenoxy) is 2. The van der Waals surface area contributed by atoms with E-state index in [0.29, 0.717) is 29.1 Å². The Labute approximate surface area is 148 Å². The number of hydrogen-bond acceptors (Lipinski definition) is 4. The standard InChI is InChI=1S/C19H17F3N2O2/c1-25-16-8-7-12(9-17(16)26-2)11-23-15-10-18(19(20,21)22)24-14-6-4-3-5-13(14)15/h3-10H,11H2,1-2H3,(H,23,24). The number of nitrogens with one attached hydrogen (secondary N) is 1. The molecule has 0 atom stereocenters. The van der Waals surface area contributed by atoms with Gasteiger partial charge in [-0.1, -0.05) is 24.3 Å². The number of hydrogen-bond donors (Lipinski definition) is 1. The van der Waals surface area contributed by atoms with E-state index in [1.165, 1.54) is 14.2 Å². The number of fused-ring (bicyclic) bond motifs is 1. The average Bonchev–Trinajstić information content (AvgIpc) is 2.64. The number of methoxy groups -OCH3 is 2. The fraction of sp³-hybridized carbons (Fsp3) is 0.211. The molecule has 0 unspecified atom stereocenters. The van der Waals surface area contributed by atoms with Gasteiger partial charge in [-0.2, -0.15) is 13.2 Å². The van der Waals surface area contributed by atoms with E-state index >= 15 is 0 Å². The first kappa shape index (κ1) is 17.8. The molecule has 0 saturated carbocycles. The van der Waals surface area contributed by atoms with Gasteiger partial charge in [0.15, 0.2) is 11.5 Å². The highest BCUT2D eigenvalue weighted by Gasteiger charge is 2.33. The number of aromatic nitrogens is 1. The maximum absolute atomic E-state index is 13.1. The molecule has 3 aromatic rings. The van der Waals surface area contributed by atoms with Gasteiger partial charge in [-0.25, -0.2) is 4.98 Å². The Morgan fingerprint density at radius 3 is 2.38 bits per heavy atom. The molecule has 3 rings (SSSR count). The van der Waals surface area contributed by atoms with Crippen LogP contribution in [0.4, 0.5) is 18.9 Å². The zero-order valence-electron chi connectivity index (χ0n) is 14.2. The summed E-state index contributed by atoms with van der Waals surface area (Å²) in [5.74, 6) is 1.15. The molecular formula is C19H17F3N2O2. The third kappa shape index (κ3) is 3.66. The second-order valence-corrected chi connectivity index (χ2v) is 5.61. The maximum Gasteiger partial charge on any atom is 0.433 e. The molecular weight excluding hydrogens is 345 g/mol. The van der Waals surface area contributed by atoms with Crippen molar-refractivity contribution in [1.29, 1.82) is 0 Å². The van der Waals surface area contributed by atoms with Crippen molar-refractivity contribution in [3.8, 4) is 11.5 Å². The van der Waals surface area contributed by atoms with Crippen LogP contribution < -0.4 is 14.8 Å². The lowest BCUT2D eigenvalue weighted by Crippen LogP contribution is -2.10. The summed E-state index contributed by atoms with van der Waals surface area (Å²) in [6.45, 7) is 0.325. The Morgan fingerprint density at radius 2 is 1.69 bits per heavy atom. The van der Waals surface area contributed by atoms with Crippen molar-refractivity contribution in [2.45, 2.75) is 12.7 Å². The third-order valence-electron chi connectivity index (χ3n) is 3.94. The van der Waals surface area contributed by atoms with Crippen molar-refractivity contribution in [2.75, 3.05) is 19.5 Å². The minimum absolute atomic E-state index is 0.289. The zero-order chi connectivity index (χ0) is 18.7. The smallest absolute Gasteiger partial charge is 0.433 e. The highest BCUT2D eigenvalue weighted by Crippen LogP contribution is 2.33. The number of anilines is 1. The minimum Gasteiger partial charge on any atom is -0.493 e. The highest BCUT2D eigenvalue weighted by atomic mass is 19.4. The summed E-state index contributed by atoms with van der Waals surface area (Å²) in [6.07, 6.45) is -4.51. The SMILES string of the molecule is COc1ccc(CNc2cc(C(F)(F)F)nc3ccccc23)cc1OC. The quantitative estimate of drug-likeness (QED) is 0.702. The van der Waals surface area contributed by atoms with E-state index in [2.05, 4.69) is 10.3 Å². The minimum atomic E-state index is -4.51. The Bertz CT molecular complexity index is 926. The summed E-state index contributed by atoms with van der Waals surface area (Å²) in [5.41, 5.74) is 0.581. The van der Waals surface area contributed by atoms with Crippen molar-refractivity contribution in [3.63, 3.8) is 0 Å². The van der Waals surface area contributed by atoms with Gasteiger partial charge in [0.05, 0.1) is 19.7 Å². The van der Waals surface area contributed by atoms with Gasteiger partial charge in [0.25, 0.3) is 0 Å². The van der Waals surface area contributed by atoms with Crippen LogP contribution in [0.1, 0.15) is 11.3 Å². The van der Waals surface area contributed by atoms with Gasteiger partial charge >= 0.3 is 6.18 Å². The molecule has 0 aliphatic carbocycles. The number of alkyl halides is 3. The fourth-order valence-electron chi connectivity index (χ4n) is 2.65. The number of nitrogens with zero attached hydrogens (tertiary/aromatic N) is 1. The number of pyridine rings is 1. The van der Waals surface area contributed by atoms with E-state index in [9.17, 15) is 13.2 Å². The first-order chi connectivity index (χ1) is 12.4. The summed E-state index contributed by atoms with van der Waals surface area (Å²) >= 11 is 0. The zero-order valence-corrected chi connectivity index (χ0v) is 14.2. The molecule has 1 N–H and O–H groups in total. The molecule has 0 bridgehead atoms. The van der Waals surface area contributed by atoms with Gasteiger partial charge in [-0.15, -0.1) is 0 Å². The fourth-order valence-corrected chi connectivity index (χ4v) is 2.65. The Kier molecular flexibility index (Phi) is 4.88. The molecule has 0 saturated heterocycles. The number of rotatable bonds is 5. The molecule has 0 aliphatic rings. The highest BCUT2D eigenvalue weighted by molar-refractivity contribution is 5.91. The van der Waals surface area contributed by atoms with Crippen LogP contribution in [0.3, 0.4) is 0 Å². The molecule has 0 aliphatic heterocycles. The monoisotopic (exact) mass is 362 g/mol. The molecule has 0 amide bonds. The van der Waals surface area contributed by atoms with Crippen LogP contribution in [-0.2, 0) is 12.7 Å². The molecule has 4 nitrogen and oxygen atoms in total. The molecule has 7 heteroatoms. The van der Waals surface area contributed by atoms with Crippen LogP contribution in [0.2, 0.25) is 0 Å². The summed E-state index contributed by atoms with van der Waals surface area (Å²) < 4.78 is 49.8. The number of benzene rings is 2. The lowest BCUT2D eigenvalue weighted by Gasteiger charge is -2.14. The Morgan fingerprint density at radius 1 is 0.962 bits per heavy atom. The first-order valence-corrected chi connectivity index (χ1v) is 7.84. The lowest BCUT2D eigenvalue weighted by atomic mass is 10.1. The van der Waals surface area contributed by atoms with Crippen LogP contribution in [0.25, 0.3) is 10.9 Å². The van der Waals surface area contributed by atoms with Crippen molar-refractivity contribution >= 4 is 16.6 Å². The molecule has 2 aromatic carbocycles. The Balaban J connectivity index is 1.93. The van der Waals surface area contributed by atoms with E-state index in [1.54, 1.807) is 36.4 Å². The first-order valence-electron chi connectivity index (χ1n) is 7.84. The van der Waals surface area contributed by atoms with Crippen LogP contribution in [0.5, 0.6) is 11.5 Å². The van der Waals surface area contributed by atoms with Gasteiger partial charge in [0, 0.05) is 17.6 Å². The molecule has 136 valence electrons. The predicted octanol–water partition coefficient (Wildman–Crippen LogP) is 4.88. The van der Waals surface area contributed by atoms with Gasteiger partial charge < -0.3 is 14.8 Å². The van der Waals surface area contributed by atoms with Gasteiger partial charge in [-0.05, 0) is 29.8 Å². The molecule has 0 fully saturated rings. The van der Waals surface area contributed by atoms with Gasteiger partial charge in [0.2, 0.25) is 0 Å². The summed E-state index contributed by atoms with van der Waals surface area (Å²) in [6, 6.07) is 13.1. The molecule has 1 heterocycles. The predicted molar refractivity (Wildman–Crippen MR) is 93.6 cm³/mol. The second-order valence-electron chi connectivity index (χ2n) is 5.61. The average molecular weight is 362 g/mol.